The number of rotatable bonds is 8. The molecule has 0 saturated heterocycles. The number of aryl methyl sites for hydroxylation is 1. The van der Waals surface area contributed by atoms with E-state index in [2.05, 4.69) is 46.4 Å². The number of nitrogens with zero attached hydrogens (tertiary/aromatic N) is 4. The minimum absolute atomic E-state index is 0.258. The molecule has 0 fully saturated rings. The highest BCUT2D eigenvalue weighted by Crippen LogP contribution is 2.27. The molecule has 1 amide bonds. The standard InChI is InChI=1S/C26H28ClN5O2/c1-5-31(6-2)19-9-11-20(12-10-19)32-29-23-14-17(4)22(16-24(23)30-32)28-26(33)18-8-13-25(34-7-3)21(27)15-18/h8-16H,5-7H2,1-4H3,(H,28,33). The van der Waals surface area contributed by atoms with Crippen LogP contribution in [-0.4, -0.2) is 40.6 Å². The lowest BCUT2D eigenvalue weighted by atomic mass is 10.1. The van der Waals surface area contributed by atoms with Crippen LogP contribution in [-0.2, 0) is 0 Å². The van der Waals surface area contributed by atoms with Gasteiger partial charge in [-0.3, -0.25) is 4.79 Å². The molecule has 0 radical (unpaired) electrons. The molecule has 1 aromatic heterocycles. The number of aromatic nitrogens is 3. The number of carbonyl (C=O) groups is 1. The highest BCUT2D eigenvalue weighted by atomic mass is 35.5. The first-order valence-electron chi connectivity index (χ1n) is 11.4. The Balaban J connectivity index is 1.57. The van der Waals surface area contributed by atoms with E-state index >= 15 is 0 Å². The second kappa shape index (κ2) is 10.1. The lowest BCUT2D eigenvalue weighted by molar-refractivity contribution is 0.102. The molecule has 3 aromatic carbocycles. The van der Waals surface area contributed by atoms with Gasteiger partial charge in [-0.15, -0.1) is 10.2 Å². The summed E-state index contributed by atoms with van der Waals surface area (Å²) in [5.74, 6) is 0.298. The van der Waals surface area contributed by atoms with E-state index in [1.807, 2.05) is 38.1 Å². The maximum Gasteiger partial charge on any atom is 0.255 e. The Morgan fingerprint density at radius 1 is 1.00 bits per heavy atom. The number of fused-ring (bicyclic) bond motifs is 1. The number of carbonyl (C=O) groups excluding carboxylic acids is 1. The summed E-state index contributed by atoms with van der Waals surface area (Å²) >= 11 is 6.24. The van der Waals surface area contributed by atoms with Crippen molar-refractivity contribution in [3.63, 3.8) is 0 Å². The summed E-state index contributed by atoms with van der Waals surface area (Å²) in [4.78, 5) is 16.7. The highest BCUT2D eigenvalue weighted by Gasteiger charge is 2.14. The van der Waals surface area contributed by atoms with Gasteiger partial charge >= 0.3 is 0 Å². The molecule has 1 N–H and O–H groups in total. The van der Waals surface area contributed by atoms with Gasteiger partial charge in [0.2, 0.25) is 0 Å². The molecule has 4 aromatic rings. The topological polar surface area (TPSA) is 72.3 Å². The monoisotopic (exact) mass is 477 g/mol. The molecule has 0 aliphatic rings. The summed E-state index contributed by atoms with van der Waals surface area (Å²) in [6.07, 6.45) is 0. The lowest BCUT2D eigenvalue weighted by Crippen LogP contribution is -2.21. The number of amides is 1. The molecule has 34 heavy (non-hydrogen) atoms. The molecule has 8 heteroatoms. The zero-order valence-corrected chi connectivity index (χ0v) is 20.6. The largest absolute Gasteiger partial charge is 0.492 e. The summed E-state index contributed by atoms with van der Waals surface area (Å²) in [5, 5.41) is 12.6. The van der Waals surface area contributed by atoms with Crippen molar-refractivity contribution in [2.75, 3.05) is 29.9 Å². The van der Waals surface area contributed by atoms with Gasteiger partial charge in [0.05, 0.1) is 17.3 Å². The minimum atomic E-state index is -0.258. The summed E-state index contributed by atoms with van der Waals surface area (Å²) in [7, 11) is 0. The van der Waals surface area contributed by atoms with Gasteiger partial charge in [-0.2, -0.15) is 4.80 Å². The molecule has 0 unspecified atom stereocenters. The molecule has 4 rings (SSSR count). The first-order valence-corrected chi connectivity index (χ1v) is 11.8. The third kappa shape index (κ3) is 4.84. The third-order valence-electron chi connectivity index (χ3n) is 5.68. The molecular formula is C26H28ClN5O2. The third-order valence-corrected chi connectivity index (χ3v) is 5.97. The van der Waals surface area contributed by atoms with Crippen molar-refractivity contribution < 1.29 is 9.53 Å². The first kappa shape index (κ1) is 23.6. The normalized spacial score (nSPS) is 11.0. The zero-order valence-electron chi connectivity index (χ0n) is 19.8. The number of hydrogen-bond donors (Lipinski definition) is 1. The molecule has 0 atom stereocenters. The second-order valence-electron chi connectivity index (χ2n) is 7.87. The zero-order chi connectivity index (χ0) is 24.2. The Hall–Kier alpha value is -3.58. The van der Waals surface area contributed by atoms with Crippen LogP contribution in [0.2, 0.25) is 5.02 Å². The smallest absolute Gasteiger partial charge is 0.255 e. The van der Waals surface area contributed by atoms with Gasteiger partial charge < -0.3 is 15.0 Å². The Labute approximate surface area is 204 Å². The summed E-state index contributed by atoms with van der Waals surface area (Å²) in [6, 6.07) is 16.9. The number of anilines is 2. The van der Waals surface area contributed by atoms with Crippen molar-refractivity contribution in [2.24, 2.45) is 0 Å². The van der Waals surface area contributed by atoms with Crippen molar-refractivity contribution in [3.8, 4) is 11.4 Å². The van der Waals surface area contributed by atoms with Crippen LogP contribution in [0.3, 0.4) is 0 Å². The quantitative estimate of drug-likeness (QED) is 0.343. The number of benzene rings is 3. The van der Waals surface area contributed by atoms with E-state index in [0.717, 1.165) is 29.9 Å². The van der Waals surface area contributed by atoms with E-state index < -0.39 is 0 Å². The average Bonchev–Trinajstić information content (AvgIpc) is 3.24. The fraction of sp³-hybridized carbons (Fsp3) is 0.269. The van der Waals surface area contributed by atoms with E-state index in [1.54, 1.807) is 23.0 Å². The first-order chi connectivity index (χ1) is 16.4. The van der Waals surface area contributed by atoms with E-state index in [1.165, 1.54) is 5.69 Å². The number of halogens is 1. The fourth-order valence-electron chi connectivity index (χ4n) is 3.81. The van der Waals surface area contributed by atoms with Crippen LogP contribution in [0.15, 0.2) is 54.6 Å². The Kier molecular flexibility index (Phi) is 7.03. The van der Waals surface area contributed by atoms with Gasteiger partial charge in [0, 0.05) is 30.0 Å². The van der Waals surface area contributed by atoms with Gasteiger partial charge in [0.1, 0.15) is 16.8 Å². The molecule has 1 heterocycles. The van der Waals surface area contributed by atoms with Gasteiger partial charge in [0.15, 0.2) is 0 Å². The van der Waals surface area contributed by atoms with Crippen LogP contribution in [0.1, 0.15) is 36.7 Å². The molecule has 0 aliphatic carbocycles. The van der Waals surface area contributed by atoms with Crippen LogP contribution >= 0.6 is 11.6 Å². The summed E-state index contributed by atoms with van der Waals surface area (Å²) < 4.78 is 5.44. The van der Waals surface area contributed by atoms with Crippen molar-refractivity contribution in [3.05, 3.63) is 70.7 Å². The lowest BCUT2D eigenvalue weighted by Gasteiger charge is -2.20. The molecule has 0 aliphatic heterocycles. The average molecular weight is 478 g/mol. The Morgan fingerprint density at radius 3 is 2.29 bits per heavy atom. The van der Waals surface area contributed by atoms with Gasteiger partial charge in [-0.25, -0.2) is 0 Å². The SMILES string of the molecule is CCOc1ccc(C(=O)Nc2cc3nn(-c4ccc(N(CC)CC)cc4)nc3cc2C)cc1Cl. The second-order valence-corrected chi connectivity index (χ2v) is 8.27. The molecule has 176 valence electrons. The summed E-state index contributed by atoms with van der Waals surface area (Å²) in [5.41, 5.74) is 5.50. The predicted octanol–water partition coefficient (Wildman–Crippen LogP) is 5.88. The van der Waals surface area contributed by atoms with Crippen molar-refractivity contribution in [2.45, 2.75) is 27.7 Å². The van der Waals surface area contributed by atoms with Crippen LogP contribution in [0.25, 0.3) is 16.7 Å². The molecule has 7 nitrogen and oxygen atoms in total. The Morgan fingerprint density at radius 2 is 1.68 bits per heavy atom. The van der Waals surface area contributed by atoms with Crippen molar-refractivity contribution in [1.82, 2.24) is 15.0 Å². The van der Waals surface area contributed by atoms with E-state index in [9.17, 15) is 4.79 Å². The van der Waals surface area contributed by atoms with E-state index in [-0.39, 0.29) is 5.91 Å². The van der Waals surface area contributed by atoms with Crippen LogP contribution in [0.4, 0.5) is 11.4 Å². The maximum absolute atomic E-state index is 12.8. The van der Waals surface area contributed by atoms with Crippen LogP contribution in [0, 0.1) is 6.92 Å². The number of nitrogens with one attached hydrogen (secondary N) is 1. The fourth-order valence-corrected chi connectivity index (χ4v) is 4.05. The molecule has 0 saturated carbocycles. The number of hydrogen-bond acceptors (Lipinski definition) is 5. The van der Waals surface area contributed by atoms with Crippen molar-refractivity contribution >= 4 is 39.9 Å². The van der Waals surface area contributed by atoms with Crippen LogP contribution < -0.4 is 15.0 Å². The molecule has 0 spiro atoms. The number of ether oxygens (including phenoxy) is 1. The highest BCUT2D eigenvalue weighted by molar-refractivity contribution is 6.32. The predicted molar refractivity (Wildman–Crippen MR) is 138 cm³/mol. The summed E-state index contributed by atoms with van der Waals surface area (Å²) in [6.45, 7) is 10.5. The Bertz CT molecular complexity index is 1310. The van der Waals surface area contributed by atoms with Gasteiger partial charge in [-0.05, 0) is 87.9 Å². The van der Waals surface area contributed by atoms with E-state index in [4.69, 9.17) is 16.3 Å². The van der Waals surface area contributed by atoms with Crippen molar-refractivity contribution in [1.29, 1.82) is 0 Å². The maximum atomic E-state index is 12.8. The van der Waals surface area contributed by atoms with Gasteiger partial charge in [-0.1, -0.05) is 11.6 Å². The molecular weight excluding hydrogens is 450 g/mol. The van der Waals surface area contributed by atoms with E-state index in [0.29, 0.717) is 34.1 Å². The minimum Gasteiger partial charge on any atom is -0.492 e. The molecule has 0 bridgehead atoms. The van der Waals surface area contributed by atoms with Crippen LogP contribution in [0.5, 0.6) is 5.75 Å². The van der Waals surface area contributed by atoms with Gasteiger partial charge in [0.25, 0.3) is 5.91 Å².